The molecule has 1 saturated heterocycles. The van der Waals surface area contributed by atoms with Gasteiger partial charge in [0.2, 0.25) is 10.0 Å². The van der Waals surface area contributed by atoms with Crippen molar-refractivity contribution in [1.29, 1.82) is 0 Å². The Bertz CT molecular complexity index is 1410. The van der Waals surface area contributed by atoms with Crippen LogP contribution in [0.25, 0.3) is 21.9 Å². The van der Waals surface area contributed by atoms with Gasteiger partial charge in [0.15, 0.2) is 5.82 Å². The average molecular weight is 589 g/mol. The number of imidazole rings is 1. The summed E-state index contributed by atoms with van der Waals surface area (Å²) in [5.41, 5.74) is 9.32. The average Bonchev–Trinajstić information content (AvgIpc) is 3.33. The maximum atomic E-state index is 12.5. The Kier molecular flexibility index (Phi) is 10.6. The van der Waals surface area contributed by atoms with Gasteiger partial charge in [-0.3, -0.25) is 0 Å². The lowest BCUT2D eigenvalue weighted by Crippen LogP contribution is -2.49. The van der Waals surface area contributed by atoms with Crippen molar-refractivity contribution >= 4 is 37.8 Å². The van der Waals surface area contributed by atoms with Gasteiger partial charge in [-0.25, -0.2) is 18.4 Å². The predicted octanol–water partition coefficient (Wildman–Crippen LogP) is 3.18. The molecule has 0 aliphatic carbocycles. The van der Waals surface area contributed by atoms with Gasteiger partial charge >= 0.3 is 0 Å². The van der Waals surface area contributed by atoms with Crippen molar-refractivity contribution in [3.63, 3.8) is 0 Å². The van der Waals surface area contributed by atoms with Crippen LogP contribution >= 0.6 is 0 Å². The highest BCUT2D eigenvalue weighted by Crippen LogP contribution is 2.32. The summed E-state index contributed by atoms with van der Waals surface area (Å²) >= 11 is 0. The van der Waals surface area contributed by atoms with Crippen LogP contribution in [0.5, 0.6) is 0 Å². The van der Waals surface area contributed by atoms with E-state index in [0.717, 1.165) is 80.4 Å². The maximum Gasteiger partial charge on any atom is 0.214 e. The molecule has 0 unspecified atom stereocenters. The van der Waals surface area contributed by atoms with Gasteiger partial charge in [0.05, 0.1) is 30.0 Å². The summed E-state index contributed by atoms with van der Waals surface area (Å²) in [4.78, 5) is 11.9. The molecule has 0 atom stereocenters. The predicted molar refractivity (Wildman–Crippen MR) is 165 cm³/mol. The first kappa shape index (κ1) is 31.6. The van der Waals surface area contributed by atoms with Crippen molar-refractivity contribution in [2.45, 2.75) is 72.3 Å². The Labute approximate surface area is 244 Å². The van der Waals surface area contributed by atoms with Gasteiger partial charge in [0.1, 0.15) is 11.3 Å². The Morgan fingerprint density at radius 3 is 2.34 bits per heavy atom. The summed E-state index contributed by atoms with van der Waals surface area (Å²) in [5.74, 6) is 1.54. The zero-order valence-corrected chi connectivity index (χ0v) is 25.8. The van der Waals surface area contributed by atoms with Gasteiger partial charge in [-0.2, -0.15) is 4.31 Å². The van der Waals surface area contributed by atoms with Gasteiger partial charge in [-0.05, 0) is 43.9 Å². The molecule has 2 aromatic heterocycles. The van der Waals surface area contributed by atoms with E-state index in [1.54, 1.807) is 4.31 Å². The number of pyridine rings is 1. The first-order valence-electron chi connectivity index (χ1n) is 15.1. The molecule has 10 nitrogen and oxygen atoms in total. The lowest BCUT2D eigenvalue weighted by atomic mass is 9.92. The van der Waals surface area contributed by atoms with Crippen LogP contribution in [0.2, 0.25) is 0 Å². The molecule has 0 saturated carbocycles. The van der Waals surface area contributed by atoms with Crippen molar-refractivity contribution in [2.75, 3.05) is 57.4 Å². The number of piperazine rings is 1. The normalized spacial score (nSPS) is 15.8. The van der Waals surface area contributed by atoms with E-state index in [0.29, 0.717) is 37.4 Å². The van der Waals surface area contributed by atoms with E-state index >= 15 is 0 Å². The van der Waals surface area contributed by atoms with E-state index in [1.165, 1.54) is 5.56 Å². The summed E-state index contributed by atoms with van der Waals surface area (Å²) in [5, 5.41) is 21.0. The number of aromatic nitrogens is 3. The standard InChI is InChI=1S/C30H48N6O4S/c1-4-6-10-26-33-27-28(36(26)20-30(3,21-37)22-38)24-12-11-23(19-25(24)32-29(27)31)9-8-13-34-14-16-35(17-15-34)41(39,40)18-7-5-2/h11-12,19,37-38H,4-10,13-18,20-22H2,1-3H3,(H2,31,32). The Morgan fingerprint density at radius 2 is 1.68 bits per heavy atom. The molecule has 11 heteroatoms. The highest BCUT2D eigenvalue weighted by atomic mass is 32.2. The second-order valence-corrected chi connectivity index (χ2v) is 14.0. The summed E-state index contributed by atoms with van der Waals surface area (Å²) in [6, 6.07) is 6.33. The summed E-state index contributed by atoms with van der Waals surface area (Å²) in [6.07, 6.45) is 6.26. The van der Waals surface area contributed by atoms with Gasteiger partial charge in [-0.15, -0.1) is 0 Å². The number of aliphatic hydroxyl groups excluding tert-OH is 2. The van der Waals surface area contributed by atoms with Gasteiger partial charge in [-0.1, -0.05) is 45.7 Å². The van der Waals surface area contributed by atoms with Crippen molar-refractivity contribution < 1.29 is 18.6 Å². The highest BCUT2D eigenvalue weighted by molar-refractivity contribution is 7.89. The number of nitrogen functional groups attached to an aromatic ring is 1. The number of nitrogens with two attached hydrogens (primary N) is 1. The van der Waals surface area contributed by atoms with E-state index in [2.05, 4.69) is 34.6 Å². The minimum Gasteiger partial charge on any atom is -0.396 e. The topological polar surface area (TPSA) is 138 Å². The number of nitrogens with zero attached hydrogens (tertiary/aromatic N) is 5. The number of sulfonamides is 1. The quantitative estimate of drug-likeness (QED) is 0.246. The minimum atomic E-state index is -3.13. The molecule has 0 spiro atoms. The number of rotatable bonds is 15. The number of anilines is 1. The molecule has 41 heavy (non-hydrogen) atoms. The number of benzene rings is 1. The molecule has 1 aliphatic heterocycles. The third kappa shape index (κ3) is 7.37. The summed E-state index contributed by atoms with van der Waals surface area (Å²) < 4.78 is 28.8. The third-order valence-electron chi connectivity index (χ3n) is 8.32. The number of hydrogen-bond acceptors (Lipinski definition) is 8. The molecular weight excluding hydrogens is 540 g/mol. The van der Waals surface area contributed by atoms with Crippen molar-refractivity contribution in [3.8, 4) is 0 Å². The van der Waals surface area contributed by atoms with Crippen LogP contribution in [0, 0.1) is 5.41 Å². The van der Waals surface area contributed by atoms with Gasteiger partial charge < -0.3 is 25.4 Å². The molecule has 3 aromatic rings. The highest BCUT2D eigenvalue weighted by Gasteiger charge is 2.28. The van der Waals surface area contributed by atoms with Gasteiger partial charge in [0, 0.05) is 49.9 Å². The molecule has 228 valence electrons. The Morgan fingerprint density at radius 1 is 0.976 bits per heavy atom. The molecular formula is C30H48N6O4S. The number of unbranched alkanes of at least 4 members (excludes halogenated alkanes) is 2. The van der Waals surface area contributed by atoms with E-state index in [4.69, 9.17) is 15.7 Å². The first-order chi connectivity index (χ1) is 19.6. The van der Waals surface area contributed by atoms with E-state index in [9.17, 15) is 18.6 Å². The number of fused-ring (bicyclic) bond motifs is 3. The lowest BCUT2D eigenvalue weighted by Gasteiger charge is -2.34. The first-order valence-corrected chi connectivity index (χ1v) is 16.7. The number of aryl methyl sites for hydroxylation is 2. The Balaban J connectivity index is 1.49. The fourth-order valence-corrected chi connectivity index (χ4v) is 7.21. The zero-order valence-electron chi connectivity index (χ0n) is 25.0. The molecule has 1 aliphatic rings. The number of aliphatic hydroxyl groups is 2. The maximum absolute atomic E-state index is 12.5. The molecule has 0 radical (unpaired) electrons. The van der Waals surface area contributed by atoms with Crippen molar-refractivity contribution in [2.24, 2.45) is 5.41 Å². The molecule has 4 rings (SSSR count). The van der Waals surface area contributed by atoms with E-state index in [-0.39, 0.29) is 19.0 Å². The second-order valence-electron chi connectivity index (χ2n) is 11.9. The molecule has 3 heterocycles. The molecule has 0 amide bonds. The smallest absolute Gasteiger partial charge is 0.214 e. The molecule has 4 N–H and O–H groups in total. The van der Waals surface area contributed by atoms with Gasteiger partial charge in [0.25, 0.3) is 0 Å². The van der Waals surface area contributed by atoms with E-state index in [1.807, 2.05) is 13.8 Å². The van der Waals surface area contributed by atoms with E-state index < -0.39 is 15.4 Å². The SMILES string of the molecule is CCCCc1nc2c(N)nc3cc(CCCN4CCN(S(=O)(=O)CCCC)CC4)ccc3c2n1CC(C)(CO)CO. The molecule has 0 bridgehead atoms. The largest absolute Gasteiger partial charge is 0.396 e. The minimum absolute atomic E-state index is 0.136. The fourth-order valence-electron chi connectivity index (χ4n) is 5.58. The van der Waals surface area contributed by atoms with Crippen LogP contribution in [0.15, 0.2) is 18.2 Å². The van der Waals surface area contributed by atoms with Crippen LogP contribution < -0.4 is 5.73 Å². The lowest BCUT2D eigenvalue weighted by molar-refractivity contribution is 0.0557. The van der Waals surface area contributed by atoms with Crippen LogP contribution in [-0.2, 0) is 29.4 Å². The summed E-state index contributed by atoms with van der Waals surface area (Å²) in [7, 11) is -3.13. The van der Waals surface area contributed by atoms with Crippen molar-refractivity contribution in [3.05, 3.63) is 29.6 Å². The van der Waals surface area contributed by atoms with Crippen LogP contribution in [0.4, 0.5) is 5.82 Å². The van der Waals surface area contributed by atoms with Crippen molar-refractivity contribution in [1.82, 2.24) is 23.7 Å². The molecule has 1 aromatic carbocycles. The zero-order chi connectivity index (χ0) is 29.6. The van der Waals surface area contributed by atoms with Crippen LogP contribution in [0.3, 0.4) is 0 Å². The van der Waals surface area contributed by atoms with Crippen LogP contribution in [0.1, 0.15) is 64.3 Å². The summed E-state index contributed by atoms with van der Waals surface area (Å²) in [6.45, 7) is 9.79. The monoisotopic (exact) mass is 588 g/mol. The van der Waals surface area contributed by atoms with Crippen LogP contribution in [-0.4, -0.2) is 94.1 Å². The fraction of sp³-hybridized carbons (Fsp3) is 0.667. The molecule has 1 fully saturated rings. The Hall–Kier alpha value is -2.31. The third-order valence-corrected chi connectivity index (χ3v) is 10.3. The second kappa shape index (κ2) is 13.8. The number of hydrogen-bond donors (Lipinski definition) is 3.